The van der Waals surface area contributed by atoms with Crippen molar-refractivity contribution in [3.05, 3.63) is 63.9 Å². The van der Waals surface area contributed by atoms with Crippen LogP contribution in [0.3, 0.4) is 0 Å². The molecule has 0 radical (unpaired) electrons. The Balaban J connectivity index is 1.26. The van der Waals surface area contributed by atoms with Gasteiger partial charge in [0.15, 0.2) is 0 Å². The van der Waals surface area contributed by atoms with E-state index in [-0.39, 0.29) is 6.03 Å². The van der Waals surface area contributed by atoms with Gasteiger partial charge in [-0.05, 0) is 43.3 Å². The van der Waals surface area contributed by atoms with Crippen LogP contribution in [0.15, 0.2) is 53.9 Å². The molecule has 2 aromatic carbocycles. The highest BCUT2D eigenvalue weighted by Gasteiger charge is 2.22. The third-order valence-electron chi connectivity index (χ3n) is 5.13. The van der Waals surface area contributed by atoms with Crippen molar-refractivity contribution in [1.82, 2.24) is 14.8 Å². The molecule has 1 saturated heterocycles. The van der Waals surface area contributed by atoms with Crippen LogP contribution >= 0.6 is 22.9 Å². The molecule has 4 rings (SSSR count). The molecule has 2 heterocycles. The van der Waals surface area contributed by atoms with Crippen LogP contribution in [0.2, 0.25) is 5.02 Å². The fraction of sp³-hybridized carbons (Fsp3) is 0.304. The molecule has 1 aliphatic rings. The molecule has 162 valence electrons. The van der Waals surface area contributed by atoms with Crippen molar-refractivity contribution in [2.75, 3.05) is 38.1 Å². The van der Waals surface area contributed by atoms with Gasteiger partial charge in [0.05, 0.1) is 18.8 Å². The summed E-state index contributed by atoms with van der Waals surface area (Å²) in [5, 5.41) is 6.85. The fourth-order valence-electron chi connectivity index (χ4n) is 3.44. The van der Waals surface area contributed by atoms with Crippen molar-refractivity contribution >= 4 is 34.7 Å². The molecule has 0 spiro atoms. The van der Waals surface area contributed by atoms with Gasteiger partial charge in [0.2, 0.25) is 0 Å². The lowest BCUT2D eigenvalue weighted by Gasteiger charge is -2.34. The van der Waals surface area contributed by atoms with Crippen molar-refractivity contribution in [3.8, 4) is 17.0 Å². The number of nitrogens with one attached hydrogen (secondary N) is 1. The van der Waals surface area contributed by atoms with Gasteiger partial charge < -0.3 is 15.0 Å². The first kappa shape index (κ1) is 21.6. The van der Waals surface area contributed by atoms with Gasteiger partial charge >= 0.3 is 6.03 Å². The lowest BCUT2D eigenvalue weighted by atomic mass is 10.2. The van der Waals surface area contributed by atoms with E-state index in [1.54, 1.807) is 11.3 Å². The van der Waals surface area contributed by atoms with Gasteiger partial charge in [-0.1, -0.05) is 23.7 Å². The molecule has 8 heteroatoms. The Kier molecular flexibility index (Phi) is 7.06. The first-order chi connectivity index (χ1) is 15.1. The molecular formula is C23H25ClN4O2S. The minimum atomic E-state index is -0.0666. The quantitative estimate of drug-likeness (QED) is 0.553. The lowest BCUT2D eigenvalue weighted by Crippen LogP contribution is -2.49. The van der Waals surface area contributed by atoms with E-state index in [4.69, 9.17) is 21.3 Å². The maximum absolute atomic E-state index is 12.6. The van der Waals surface area contributed by atoms with Gasteiger partial charge in [-0.2, -0.15) is 0 Å². The Morgan fingerprint density at radius 1 is 1.10 bits per heavy atom. The molecular weight excluding hydrogens is 432 g/mol. The summed E-state index contributed by atoms with van der Waals surface area (Å²) in [5.41, 5.74) is 2.82. The minimum Gasteiger partial charge on any atom is -0.494 e. The monoisotopic (exact) mass is 456 g/mol. The summed E-state index contributed by atoms with van der Waals surface area (Å²) in [6, 6.07) is 15.1. The Morgan fingerprint density at radius 2 is 1.81 bits per heavy atom. The molecule has 3 aromatic rings. The Hall–Kier alpha value is -2.61. The Morgan fingerprint density at radius 3 is 2.48 bits per heavy atom. The van der Waals surface area contributed by atoms with Crippen LogP contribution < -0.4 is 10.1 Å². The fourth-order valence-corrected chi connectivity index (χ4v) is 4.41. The van der Waals surface area contributed by atoms with Gasteiger partial charge in [-0.15, -0.1) is 11.3 Å². The molecule has 1 aliphatic heterocycles. The summed E-state index contributed by atoms with van der Waals surface area (Å²) in [6.45, 7) is 6.41. The molecule has 0 bridgehead atoms. The summed E-state index contributed by atoms with van der Waals surface area (Å²) < 4.78 is 5.44. The molecule has 1 N–H and O–H groups in total. The number of anilines is 1. The van der Waals surface area contributed by atoms with Gasteiger partial charge in [-0.3, -0.25) is 4.90 Å². The molecule has 31 heavy (non-hydrogen) atoms. The van der Waals surface area contributed by atoms with E-state index in [0.717, 1.165) is 52.4 Å². The number of thiazole rings is 1. The summed E-state index contributed by atoms with van der Waals surface area (Å²) in [5.74, 6) is 0.801. The van der Waals surface area contributed by atoms with E-state index in [1.807, 2.05) is 60.4 Å². The van der Waals surface area contributed by atoms with E-state index in [1.165, 1.54) is 0 Å². The van der Waals surface area contributed by atoms with E-state index in [9.17, 15) is 4.79 Å². The number of halogens is 1. The molecule has 0 atom stereocenters. The van der Waals surface area contributed by atoms with E-state index >= 15 is 0 Å². The number of ether oxygens (including phenoxy) is 1. The minimum absolute atomic E-state index is 0.0666. The number of amides is 2. The summed E-state index contributed by atoms with van der Waals surface area (Å²) >= 11 is 7.64. The van der Waals surface area contributed by atoms with Crippen molar-refractivity contribution in [2.45, 2.75) is 13.5 Å². The van der Waals surface area contributed by atoms with E-state index < -0.39 is 0 Å². The largest absolute Gasteiger partial charge is 0.494 e. The van der Waals surface area contributed by atoms with Gasteiger partial charge in [0, 0.05) is 47.8 Å². The highest BCUT2D eigenvalue weighted by atomic mass is 35.5. The number of nitrogens with zero attached hydrogens (tertiary/aromatic N) is 3. The summed E-state index contributed by atoms with van der Waals surface area (Å²) in [6.07, 6.45) is 0. The maximum Gasteiger partial charge on any atom is 0.321 e. The number of aromatic nitrogens is 1. The second-order valence-corrected chi connectivity index (χ2v) is 8.66. The molecule has 0 saturated carbocycles. The predicted octanol–water partition coefficient (Wildman–Crippen LogP) is 5.21. The standard InChI is InChI=1S/C23H25ClN4O2S/c1-2-30-20-9-7-19(8-10-20)25-23(29)28-13-11-27(12-14-28)15-22-26-21(16-31-22)17-3-5-18(24)6-4-17/h3-10,16H,2,11-15H2,1H3,(H,25,29). The van der Waals surface area contributed by atoms with Gasteiger partial charge in [0.25, 0.3) is 0 Å². The number of piperazine rings is 1. The lowest BCUT2D eigenvalue weighted by molar-refractivity contribution is 0.143. The topological polar surface area (TPSA) is 57.7 Å². The Labute approximate surface area is 191 Å². The average molecular weight is 457 g/mol. The molecule has 0 aliphatic carbocycles. The van der Waals surface area contributed by atoms with Crippen molar-refractivity contribution in [2.24, 2.45) is 0 Å². The van der Waals surface area contributed by atoms with Crippen LogP contribution in [0, 0.1) is 0 Å². The normalized spacial score (nSPS) is 14.5. The van der Waals surface area contributed by atoms with Crippen LogP contribution in [-0.4, -0.2) is 53.6 Å². The molecule has 6 nitrogen and oxygen atoms in total. The highest BCUT2D eigenvalue weighted by Crippen LogP contribution is 2.24. The van der Waals surface area contributed by atoms with Crippen molar-refractivity contribution < 1.29 is 9.53 Å². The number of urea groups is 1. The molecule has 0 unspecified atom stereocenters. The zero-order chi connectivity index (χ0) is 21.6. The third-order valence-corrected chi connectivity index (χ3v) is 6.21. The number of carbonyl (C=O) groups excluding carboxylic acids is 1. The molecule has 1 aromatic heterocycles. The second-order valence-electron chi connectivity index (χ2n) is 7.28. The zero-order valence-corrected chi connectivity index (χ0v) is 19.0. The van der Waals surface area contributed by atoms with Crippen LogP contribution in [-0.2, 0) is 6.54 Å². The van der Waals surface area contributed by atoms with E-state index in [2.05, 4.69) is 15.6 Å². The number of carbonyl (C=O) groups is 1. The average Bonchev–Trinajstić information content (AvgIpc) is 3.25. The van der Waals surface area contributed by atoms with Crippen LogP contribution in [0.1, 0.15) is 11.9 Å². The van der Waals surface area contributed by atoms with Crippen LogP contribution in [0.25, 0.3) is 11.3 Å². The maximum atomic E-state index is 12.6. The number of hydrogen-bond donors (Lipinski definition) is 1. The van der Waals surface area contributed by atoms with Crippen molar-refractivity contribution in [3.63, 3.8) is 0 Å². The second kappa shape index (κ2) is 10.1. The summed E-state index contributed by atoms with van der Waals surface area (Å²) in [7, 11) is 0. The zero-order valence-electron chi connectivity index (χ0n) is 17.4. The number of rotatable bonds is 6. The molecule has 1 fully saturated rings. The smallest absolute Gasteiger partial charge is 0.321 e. The highest BCUT2D eigenvalue weighted by molar-refractivity contribution is 7.09. The summed E-state index contributed by atoms with van der Waals surface area (Å²) in [4.78, 5) is 21.5. The van der Waals surface area contributed by atoms with Gasteiger partial charge in [0.1, 0.15) is 10.8 Å². The van der Waals surface area contributed by atoms with Crippen molar-refractivity contribution in [1.29, 1.82) is 0 Å². The number of benzene rings is 2. The van der Waals surface area contributed by atoms with E-state index in [0.29, 0.717) is 19.7 Å². The first-order valence-electron chi connectivity index (χ1n) is 10.3. The SMILES string of the molecule is CCOc1ccc(NC(=O)N2CCN(Cc3nc(-c4ccc(Cl)cc4)cs3)CC2)cc1. The van der Waals surface area contributed by atoms with Gasteiger partial charge in [-0.25, -0.2) is 9.78 Å². The number of hydrogen-bond acceptors (Lipinski definition) is 5. The van der Waals surface area contributed by atoms with Crippen LogP contribution in [0.5, 0.6) is 5.75 Å². The first-order valence-corrected chi connectivity index (χ1v) is 11.6. The Bertz CT molecular complexity index is 999. The predicted molar refractivity (Wildman–Crippen MR) is 126 cm³/mol. The van der Waals surface area contributed by atoms with Crippen LogP contribution in [0.4, 0.5) is 10.5 Å². The third kappa shape index (κ3) is 5.76. The molecule has 2 amide bonds.